The van der Waals surface area contributed by atoms with Crippen molar-refractivity contribution >= 4 is 5.82 Å². The molecule has 1 aromatic heterocycles. The first-order valence-electron chi connectivity index (χ1n) is 5.85. The van der Waals surface area contributed by atoms with E-state index in [-0.39, 0.29) is 6.04 Å². The number of nitrogens with zero attached hydrogens (tertiary/aromatic N) is 3. The Kier molecular flexibility index (Phi) is 3.75. The van der Waals surface area contributed by atoms with Gasteiger partial charge in [0.2, 0.25) is 0 Å². The summed E-state index contributed by atoms with van der Waals surface area (Å²) in [7, 11) is 0. The molecule has 0 fully saturated rings. The highest BCUT2D eigenvalue weighted by Crippen LogP contribution is 2.18. The van der Waals surface area contributed by atoms with Gasteiger partial charge in [0.15, 0.2) is 0 Å². The minimum absolute atomic E-state index is 0.0502. The van der Waals surface area contributed by atoms with E-state index >= 15 is 0 Å². The van der Waals surface area contributed by atoms with Gasteiger partial charge in [-0.05, 0) is 36.8 Å². The van der Waals surface area contributed by atoms with Crippen LogP contribution in [-0.4, -0.2) is 4.98 Å². The molecular weight excluding hydrogens is 236 g/mol. The highest BCUT2D eigenvalue weighted by atomic mass is 15.0. The van der Waals surface area contributed by atoms with Gasteiger partial charge in [-0.3, -0.25) is 0 Å². The number of nitriles is 2. The van der Waals surface area contributed by atoms with Crippen molar-refractivity contribution in [1.29, 1.82) is 10.5 Å². The number of hydrogen-bond donors (Lipinski definition) is 1. The topological polar surface area (TPSA) is 72.5 Å². The summed E-state index contributed by atoms with van der Waals surface area (Å²) in [4.78, 5) is 4.17. The highest BCUT2D eigenvalue weighted by molar-refractivity contribution is 5.44. The fraction of sp³-hybridized carbons (Fsp3) is 0.133. The zero-order valence-corrected chi connectivity index (χ0v) is 10.5. The van der Waals surface area contributed by atoms with E-state index in [0.29, 0.717) is 16.9 Å². The van der Waals surface area contributed by atoms with E-state index in [0.717, 1.165) is 5.56 Å². The van der Waals surface area contributed by atoms with Crippen LogP contribution in [0.1, 0.15) is 29.7 Å². The van der Waals surface area contributed by atoms with Crippen molar-refractivity contribution in [1.82, 2.24) is 4.98 Å². The number of benzene rings is 1. The molecule has 1 heterocycles. The number of hydrogen-bond acceptors (Lipinski definition) is 4. The minimum Gasteiger partial charge on any atom is -0.364 e. The number of anilines is 1. The number of aromatic nitrogens is 1. The molecule has 1 aromatic carbocycles. The molecule has 0 bridgehead atoms. The van der Waals surface area contributed by atoms with E-state index in [4.69, 9.17) is 10.5 Å². The maximum Gasteiger partial charge on any atom is 0.127 e. The molecule has 4 nitrogen and oxygen atoms in total. The Hall–Kier alpha value is -2.85. The van der Waals surface area contributed by atoms with Crippen molar-refractivity contribution in [2.45, 2.75) is 13.0 Å². The largest absolute Gasteiger partial charge is 0.364 e. The van der Waals surface area contributed by atoms with Crippen molar-refractivity contribution in [2.75, 3.05) is 5.32 Å². The first-order chi connectivity index (χ1) is 9.22. The molecule has 19 heavy (non-hydrogen) atoms. The van der Waals surface area contributed by atoms with E-state index in [1.807, 2.05) is 19.1 Å². The predicted octanol–water partition coefficient (Wildman–Crippen LogP) is 3.00. The molecule has 1 N–H and O–H groups in total. The molecule has 0 saturated carbocycles. The summed E-state index contributed by atoms with van der Waals surface area (Å²) in [5, 5.41) is 20.8. The summed E-state index contributed by atoms with van der Waals surface area (Å²) < 4.78 is 0. The summed E-state index contributed by atoms with van der Waals surface area (Å²) >= 11 is 0. The third-order valence-electron chi connectivity index (χ3n) is 2.79. The first-order valence-corrected chi connectivity index (χ1v) is 5.85. The monoisotopic (exact) mass is 248 g/mol. The van der Waals surface area contributed by atoms with Crippen molar-refractivity contribution in [2.24, 2.45) is 0 Å². The van der Waals surface area contributed by atoms with Gasteiger partial charge in [0.25, 0.3) is 0 Å². The summed E-state index contributed by atoms with van der Waals surface area (Å²) in [5.74, 6) is 0.663. The minimum atomic E-state index is 0.0502. The third-order valence-corrected chi connectivity index (χ3v) is 2.79. The van der Waals surface area contributed by atoms with Gasteiger partial charge in [0, 0.05) is 12.2 Å². The van der Waals surface area contributed by atoms with Gasteiger partial charge in [-0.2, -0.15) is 10.5 Å². The van der Waals surface area contributed by atoms with Crippen LogP contribution in [0.4, 0.5) is 5.82 Å². The molecule has 1 atom stereocenters. The highest BCUT2D eigenvalue weighted by Gasteiger charge is 2.06. The number of pyridine rings is 1. The van der Waals surface area contributed by atoms with Crippen LogP contribution in [0, 0.1) is 22.7 Å². The molecule has 1 unspecified atom stereocenters. The lowest BCUT2D eigenvalue weighted by Crippen LogP contribution is -2.07. The molecular formula is C15H12N4. The standard InChI is InChI=1S/C15H12N4/c1-11(14-4-2-12(9-16)3-5-14)19-15-8-13(10-17)6-7-18-15/h2-8,11H,1H3,(H,18,19). The molecule has 0 amide bonds. The Morgan fingerprint density at radius 1 is 1.05 bits per heavy atom. The lowest BCUT2D eigenvalue weighted by molar-refractivity contribution is 0.874. The second kappa shape index (κ2) is 5.66. The van der Waals surface area contributed by atoms with Gasteiger partial charge in [-0.25, -0.2) is 4.98 Å². The average Bonchev–Trinajstić information content (AvgIpc) is 2.47. The summed E-state index contributed by atoms with van der Waals surface area (Å²) in [6.45, 7) is 2.00. The Balaban J connectivity index is 2.14. The van der Waals surface area contributed by atoms with Crippen LogP contribution < -0.4 is 5.32 Å². The second-order valence-electron chi connectivity index (χ2n) is 4.14. The summed E-state index contributed by atoms with van der Waals surface area (Å²) in [6.07, 6.45) is 1.60. The van der Waals surface area contributed by atoms with Crippen LogP contribution in [-0.2, 0) is 0 Å². The average molecular weight is 248 g/mol. The van der Waals surface area contributed by atoms with E-state index in [1.54, 1.807) is 30.5 Å². The summed E-state index contributed by atoms with van der Waals surface area (Å²) in [5.41, 5.74) is 2.27. The quantitative estimate of drug-likeness (QED) is 0.906. The molecule has 0 spiro atoms. The molecule has 0 aliphatic heterocycles. The SMILES string of the molecule is CC(Nc1cc(C#N)ccn1)c1ccc(C#N)cc1. The van der Waals surface area contributed by atoms with Gasteiger partial charge in [0.05, 0.1) is 23.3 Å². The third kappa shape index (κ3) is 3.08. The molecule has 0 radical (unpaired) electrons. The fourth-order valence-electron chi connectivity index (χ4n) is 1.73. The summed E-state index contributed by atoms with van der Waals surface area (Å²) in [6, 6.07) is 15.0. The van der Waals surface area contributed by atoms with Crippen LogP contribution in [0.5, 0.6) is 0 Å². The molecule has 0 aliphatic carbocycles. The van der Waals surface area contributed by atoms with E-state index in [2.05, 4.69) is 22.4 Å². The lowest BCUT2D eigenvalue weighted by atomic mass is 10.1. The van der Waals surface area contributed by atoms with Crippen LogP contribution in [0.15, 0.2) is 42.6 Å². The zero-order valence-electron chi connectivity index (χ0n) is 10.5. The van der Waals surface area contributed by atoms with Crippen molar-refractivity contribution in [3.05, 3.63) is 59.3 Å². The van der Waals surface area contributed by atoms with E-state index in [9.17, 15) is 0 Å². The molecule has 92 valence electrons. The first kappa shape index (κ1) is 12.6. The van der Waals surface area contributed by atoms with Gasteiger partial charge >= 0.3 is 0 Å². The molecule has 0 aliphatic rings. The van der Waals surface area contributed by atoms with Crippen molar-refractivity contribution in [3.63, 3.8) is 0 Å². The van der Waals surface area contributed by atoms with Gasteiger partial charge in [-0.1, -0.05) is 12.1 Å². The van der Waals surface area contributed by atoms with Crippen LogP contribution in [0.3, 0.4) is 0 Å². The maximum absolute atomic E-state index is 8.83. The van der Waals surface area contributed by atoms with Gasteiger partial charge in [-0.15, -0.1) is 0 Å². The van der Waals surface area contributed by atoms with E-state index < -0.39 is 0 Å². The Morgan fingerprint density at radius 2 is 1.74 bits per heavy atom. The van der Waals surface area contributed by atoms with Crippen LogP contribution >= 0.6 is 0 Å². The molecule has 2 aromatic rings. The lowest BCUT2D eigenvalue weighted by Gasteiger charge is -2.15. The van der Waals surface area contributed by atoms with Crippen LogP contribution in [0.25, 0.3) is 0 Å². The second-order valence-corrected chi connectivity index (χ2v) is 4.14. The predicted molar refractivity (Wildman–Crippen MR) is 72.1 cm³/mol. The Labute approximate surface area is 112 Å². The van der Waals surface area contributed by atoms with Gasteiger partial charge in [0.1, 0.15) is 5.82 Å². The molecule has 0 saturated heterocycles. The normalized spacial score (nSPS) is 11.1. The fourth-order valence-corrected chi connectivity index (χ4v) is 1.73. The zero-order chi connectivity index (χ0) is 13.7. The Morgan fingerprint density at radius 3 is 2.37 bits per heavy atom. The number of rotatable bonds is 3. The molecule has 2 rings (SSSR count). The van der Waals surface area contributed by atoms with Crippen LogP contribution in [0.2, 0.25) is 0 Å². The maximum atomic E-state index is 8.83. The number of nitrogens with one attached hydrogen (secondary N) is 1. The van der Waals surface area contributed by atoms with E-state index in [1.165, 1.54) is 0 Å². The van der Waals surface area contributed by atoms with Crippen molar-refractivity contribution < 1.29 is 0 Å². The Bertz CT molecular complexity index is 647. The van der Waals surface area contributed by atoms with Gasteiger partial charge < -0.3 is 5.32 Å². The van der Waals surface area contributed by atoms with Crippen molar-refractivity contribution in [3.8, 4) is 12.1 Å². The molecule has 4 heteroatoms. The smallest absolute Gasteiger partial charge is 0.127 e.